The van der Waals surface area contributed by atoms with Gasteiger partial charge in [-0.15, -0.1) is 0 Å². The van der Waals surface area contributed by atoms with E-state index >= 15 is 0 Å². The quantitative estimate of drug-likeness (QED) is 0.0324. The molecule has 0 bridgehead atoms. The second kappa shape index (κ2) is 38.8. The zero-order chi connectivity index (χ0) is 36.8. The Morgan fingerprint density at radius 3 is 1.42 bits per heavy atom. The van der Waals surface area contributed by atoms with Gasteiger partial charge in [0.05, 0.1) is 18.8 Å². The maximum absolute atomic E-state index is 12.5. The van der Waals surface area contributed by atoms with Crippen molar-refractivity contribution in [2.75, 3.05) is 6.61 Å². The largest absolute Gasteiger partial charge is 0.394 e. The molecule has 6 heteroatoms. The van der Waals surface area contributed by atoms with Crippen molar-refractivity contribution < 1.29 is 25.2 Å². The molecule has 0 radical (unpaired) electrons. The summed E-state index contributed by atoms with van der Waals surface area (Å²) in [6, 6.07) is -1.00. The summed E-state index contributed by atoms with van der Waals surface area (Å²) >= 11 is 0. The molecule has 0 aromatic carbocycles. The summed E-state index contributed by atoms with van der Waals surface area (Å²) in [7, 11) is 0. The highest BCUT2D eigenvalue weighted by Crippen LogP contribution is 2.15. The Hall–Kier alpha value is -1.47. The van der Waals surface area contributed by atoms with Crippen LogP contribution in [0.4, 0.5) is 0 Å². The summed E-state index contributed by atoms with van der Waals surface area (Å²) in [5, 5.41) is 43.6. The highest BCUT2D eigenvalue weighted by Gasteiger charge is 2.28. The van der Waals surface area contributed by atoms with Crippen LogP contribution in [0.2, 0.25) is 0 Å². The van der Waals surface area contributed by atoms with Gasteiger partial charge in [0.25, 0.3) is 0 Å². The number of carbonyl (C=O) groups is 1. The summed E-state index contributed by atoms with van der Waals surface area (Å²) < 4.78 is 0. The summed E-state index contributed by atoms with van der Waals surface area (Å²) in [5.74, 6) is -0.595. The highest BCUT2D eigenvalue weighted by atomic mass is 16.3. The van der Waals surface area contributed by atoms with E-state index in [1.54, 1.807) is 0 Å². The third-order valence-corrected chi connectivity index (χ3v) is 9.83. The van der Waals surface area contributed by atoms with E-state index in [9.17, 15) is 25.2 Å². The van der Waals surface area contributed by atoms with Crippen LogP contribution in [-0.2, 0) is 4.79 Å². The number of hydrogen-bond donors (Lipinski definition) is 5. The molecule has 0 fully saturated rings. The molecule has 0 spiro atoms. The Labute approximate surface area is 309 Å². The molecule has 5 N–H and O–H groups in total. The molecule has 0 aliphatic heterocycles. The minimum atomic E-state index is -1.28. The van der Waals surface area contributed by atoms with Crippen molar-refractivity contribution in [1.82, 2.24) is 5.32 Å². The summed E-state index contributed by atoms with van der Waals surface area (Å²) in [5.41, 5.74) is 0. The monoisotopic (exact) mass is 706 g/mol. The first-order valence-corrected chi connectivity index (χ1v) is 21.4. The van der Waals surface area contributed by atoms with Gasteiger partial charge >= 0.3 is 0 Å². The third kappa shape index (κ3) is 32.4. The van der Waals surface area contributed by atoms with E-state index in [1.807, 2.05) is 0 Å². The van der Waals surface area contributed by atoms with E-state index in [1.165, 1.54) is 128 Å². The molecule has 1 amide bonds. The molecule has 0 saturated heterocycles. The maximum atomic E-state index is 12.5. The zero-order valence-electron chi connectivity index (χ0n) is 32.9. The number of carbonyl (C=O) groups excluding carboxylic acids is 1. The zero-order valence-corrected chi connectivity index (χ0v) is 32.9. The van der Waals surface area contributed by atoms with Gasteiger partial charge in [0.15, 0.2) is 0 Å². The van der Waals surface area contributed by atoms with E-state index in [-0.39, 0.29) is 0 Å². The second-order valence-corrected chi connectivity index (χ2v) is 14.7. The molecule has 0 aliphatic carbocycles. The standard InChI is InChI=1S/C44H83NO5/c1-3-5-7-9-11-13-15-17-19-20-21-22-23-24-26-28-30-32-34-36-38-42(48)44(50)45-40(39-46)43(49)41(47)37-35-33-31-29-27-25-18-16-14-12-10-8-6-4-2/h5,7,11,13,29,31,40-43,46-49H,3-4,6,8-10,12,14-28,30,32-39H2,1-2H3,(H,45,50)/b7-5-,13-11-,31-29+. The molecule has 0 saturated carbocycles. The fourth-order valence-electron chi connectivity index (χ4n) is 6.44. The Balaban J connectivity index is 3.76. The number of rotatable bonds is 38. The van der Waals surface area contributed by atoms with Gasteiger partial charge in [-0.25, -0.2) is 0 Å². The van der Waals surface area contributed by atoms with Crippen LogP contribution < -0.4 is 5.32 Å². The fraction of sp³-hybridized carbons (Fsp3) is 0.841. The van der Waals surface area contributed by atoms with Crippen molar-refractivity contribution in [3.05, 3.63) is 36.5 Å². The number of aliphatic hydroxyl groups is 4. The normalized spacial score (nSPS) is 14.6. The van der Waals surface area contributed by atoms with Gasteiger partial charge in [-0.05, 0) is 64.2 Å². The number of allylic oxidation sites excluding steroid dienone is 6. The Morgan fingerprint density at radius 2 is 0.940 bits per heavy atom. The molecule has 0 aromatic heterocycles. The van der Waals surface area contributed by atoms with Crippen LogP contribution in [0, 0.1) is 0 Å². The van der Waals surface area contributed by atoms with E-state index in [4.69, 9.17) is 0 Å². The topological polar surface area (TPSA) is 110 Å². The molecule has 0 aromatic rings. The lowest BCUT2D eigenvalue weighted by atomic mass is 10.00. The van der Waals surface area contributed by atoms with Gasteiger partial charge in [0.2, 0.25) is 5.91 Å². The minimum absolute atomic E-state index is 0.362. The predicted octanol–water partition coefficient (Wildman–Crippen LogP) is 11.0. The van der Waals surface area contributed by atoms with E-state index in [0.29, 0.717) is 12.8 Å². The highest BCUT2D eigenvalue weighted by molar-refractivity contribution is 5.80. The van der Waals surface area contributed by atoms with Crippen LogP contribution in [0.1, 0.15) is 206 Å². The van der Waals surface area contributed by atoms with Gasteiger partial charge in [-0.2, -0.15) is 0 Å². The van der Waals surface area contributed by atoms with E-state index in [0.717, 1.165) is 51.4 Å². The molecule has 50 heavy (non-hydrogen) atoms. The second-order valence-electron chi connectivity index (χ2n) is 14.7. The van der Waals surface area contributed by atoms with Gasteiger partial charge in [0, 0.05) is 0 Å². The molecular formula is C44H83NO5. The van der Waals surface area contributed by atoms with E-state index in [2.05, 4.69) is 55.6 Å². The molecule has 294 valence electrons. The Bertz CT molecular complexity index is 797. The van der Waals surface area contributed by atoms with Crippen LogP contribution in [0.25, 0.3) is 0 Å². The first-order chi connectivity index (χ1) is 24.5. The molecule has 4 unspecified atom stereocenters. The molecular weight excluding hydrogens is 622 g/mol. The van der Waals surface area contributed by atoms with Gasteiger partial charge in [-0.1, -0.05) is 179 Å². The van der Waals surface area contributed by atoms with Crippen LogP contribution in [0.5, 0.6) is 0 Å². The first-order valence-electron chi connectivity index (χ1n) is 21.4. The maximum Gasteiger partial charge on any atom is 0.249 e. The average molecular weight is 706 g/mol. The van der Waals surface area contributed by atoms with Crippen LogP contribution in [-0.4, -0.2) is 57.3 Å². The van der Waals surface area contributed by atoms with Crippen LogP contribution >= 0.6 is 0 Å². The smallest absolute Gasteiger partial charge is 0.249 e. The van der Waals surface area contributed by atoms with Gasteiger partial charge in [0.1, 0.15) is 12.2 Å². The summed E-state index contributed by atoms with van der Waals surface area (Å²) in [4.78, 5) is 12.5. The van der Waals surface area contributed by atoms with Crippen molar-refractivity contribution >= 4 is 5.91 Å². The summed E-state index contributed by atoms with van der Waals surface area (Å²) in [6.07, 6.45) is 44.6. The number of amides is 1. The van der Waals surface area contributed by atoms with Crippen molar-refractivity contribution in [2.45, 2.75) is 231 Å². The number of aliphatic hydroxyl groups excluding tert-OH is 4. The van der Waals surface area contributed by atoms with E-state index < -0.39 is 36.9 Å². The van der Waals surface area contributed by atoms with Gasteiger partial charge < -0.3 is 25.7 Å². The summed E-state index contributed by atoms with van der Waals surface area (Å²) in [6.45, 7) is 3.93. The van der Waals surface area contributed by atoms with Crippen LogP contribution in [0.3, 0.4) is 0 Å². The molecule has 0 heterocycles. The van der Waals surface area contributed by atoms with Crippen molar-refractivity contribution in [3.8, 4) is 0 Å². The molecule has 0 aliphatic rings. The molecule has 0 rings (SSSR count). The third-order valence-electron chi connectivity index (χ3n) is 9.83. The SMILES string of the molecule is CC/C=C\C/C=C\CCCCCCCCCCCCCCCC(O)C(=O)NC(CO)C(O)C(O)CCC/C=C/CCCCCCCCCCC. The fourth-order valence-corrected chi connectivity index (χ4v) is 6.44. The van der Waals surface area contributed by atoms with Crippen molar-refractivity contribution in [2.24, 2.45) is 0 Å². The van der Waals surface area contributed by atoms with Crippen molar-refractivity contribution in [1.29, 1.82) is 0 Å². The number of unbranched alkanes of at least 4 members (excludes halogenated alkanes) is 23. The van der Waals surface area contributed by atoms with Crippen molar-refractivity contribution in [3.63, 3.8) is 0 Å². The predicted molar refractivity (Wildman–Crippen MR) is 214 cm³/mol. The first kappa shape index (κ1) is 48.5. The molecule has 6 nitrogen and oxygen atoms in total. The Morgan fingerprint density at radius 1 is 0.520 bits per heavy atom. The average Bonchev–Trinajstić information content (AvgIpc) is 3.12. The molecule has 4 atom stereocenters. The number of nitrogens with one attached hydrogen (secondary N) is 1. The lowest BCUT2D eigenvalue weighted by Gasteiger charge is -2.27. The Kier molecular flexibility index (Phi) is 37.6. The van der Waals surface area contributed by atoms with Gasteiger partial charge in [-0.3, -0.25) is 4.79 Å². The number of hydrogen-bond acceptors (Lipinski definition) is 5. The van der Waals surface area contributed by atoms with Crippen LogP contribution in [0.15, 0.2) is 36.5 Å². The lowest BCUT2D eigenvalue weighted by Crippen LogP contribution is -2.53. The minimum Gasteiger partial charge on any atom is -0.394 e. The lowest BCUT2D eigenvalue weighted by molar-refractivity contribution is -0.132.